The molecule has 0 spiro atoms. The van der Waals surface area contributed by atoms with Gasteiger partial charge in [-0.15, -0.1) is 0 Å². The lowest BCUT2D eigenvalue weighted by atomic mass is 10.2. The Labute approximate surface area is 90.0 Å². The Morgan fingerprint density at radius 1 is 1.47 bits per heavy atom. The van der Waals surface area contributed by atoms with E-state index in [0.29, 0.717) is 6.54 Å². The summed E-state index contributed by atoms with van der Waals surface area (Å²) in [7, 11) is 3.15. The van der Waals surface area contributed by atoms with E-state index in [1.54, 1.807) is 18.9 Å². The molecule has 1 aliphatic heterocycles. The van der Waals surface area contributed by atoms with Gasteiger partial charge in [0.25, 0.3) is 0 Å². The fraction of sp³-hybridized carbons (Fsp3) is 0.800. The van der Waals surface area contributed by atoms with Gasteiger partial charge in [0.1, 0.15) is 6.04 Å². The van der Waals surface area contributed by atoms with Crippen LogP contribution in [-0.4, -0.2) is 61.5 Å². The van der Waals surface area contributed by atoms with Gasteiger partial charge in [0.05, 0.1) is 13.7 Å². The van der Waals surface area contributed by atoms with E-state index in [-0.39, 0.29) is 17.9 Å². The fourth-order valence-corrected chi connectivity index (χ4v) is 1.66. The van der Waals surface area contributed by atoms with Gasteiger partial charge in [-0.2, -0.15) is 0 Å². The minimum Gasteiger partial charge on any atom is -0.468 e. The summed E-state index contributed by atoms with van der Waals surface area (Å²) in [4.78, 5) is 26.5. The van der Waals surface area contributed by atoms with Crippen LogP contribution in [0.5, 0.6) is 0 Å². The van der Waals surface area contributed by atoms with E-state index < -0.39 is 0 Å². The zero-order valence-electron chi connectivity index (χ0n) is 9.52. The molecule has 86 valence electrons. The summed E-state index contributed by atoms with van der Waals surface area (Å²) in [6, 6.07) is -0.342. The van der Waals surface area contributed by atoms with Crippen LogP contribution in [-0.2, 0) is 14.3 Å². The summed E-state index contributed by atoms with van der Waals surface area (Å²) in [6.45, 7) is 3.58. The Hall–Kier alpha value is -1.10. The average molecular weight is 214 g/mol. The maximum Gasteiger partial charge on any atom is 0.322 e. The monoisotopic (exact) mass is 214 g/mol. The second-order valence-electron chi connectivity index (χ2n) is 3.84. The van der Waals surface area contributed by atoms with Gasteiger partial charge in [-0.25, -0.2) is 0 Å². The highest BCUT2D eigenvalue weighted by molar-refractivity contribution is 5.80. The van der Waals surface area contributed by atoms with E-state index in [2.05, 4.69) is 4.74 Å². The SMILES string of the molecule is COC(=O)C(C)N1CCCN(C)C(=O)C1. The zero-order chi connectivity index (χ0) is 11.4. The van der Waals surface area contributed by atoms with Gasteiger partial charge in [-0.1, -0.05) is 0 Å². The molecular formula is C10H18N2O3. The first-order chi connectivity index (χ1) is 7.06. The molecule has 0 saturated carbocycles. The van der Waals surface area contributed by atoms with Crippen molar-refractivity contribution >= 4 is 11.9 Å². The number of rotatable bonds is 2. The molecule has 15 heavy (non-hydrogen) atoms. The molecule has 1 saturated heterocycles. The van der Waals surface area contributed by atoms with Crippen molar-refractivity contribution in [2.24, 2.45) is 0 Å². The molecule has 0 aromatic heterocycles. The Bertz CT molecular complexity index is 255. The quantitative estimate of drug-likeness (QED) is 0.593. The third-order valence-electron chi connectivity index (χ3n) is 2.79. The van der Waals surface area contributed by atoms with Crippen LogP contribution < -0.4 is 0 Å². The van der Waals surface area contributed by atoms with Crippen LogP contribution in [0.1, 0.15) is 13.3 Å². The molecule has 1 rings (SSSR count). The lowest BCUT2D eigenvalue weighted by Crippen LogP contribution is -2.43. The molecule has 1 amide bonds. The Morgan fingerprint density at radius 2 is 2.13 bits per heavy atom. The van der Waals surface area contributed by atoms with Gasteiger partial charge in [0.2, 0.25) is 5.91 Å². The molecule has 1 fully saturated rings. The van der Waals surface area contributed by atoms with Crippen molar-refractivity contribution in [3.8, 4) is 0 Å². The molecule has 5 heteroatoms. The molecule has 0 aliphatic carbocycles. The number of esters is 1. The third kappa shape index (κ3) is 2.92. The second kappa shape index (κ2) is 5.11. The summed E-state index contributed by atoms with van der Waals surface area (Å²) in [5.74, 6) is -0.226. The van der Waals surface area contributed by atoms with E-state index >= 15 is 0 Å². The molecule has 0 aromatic carbocycles. The first-order valence-corrected chi connectivity index (χ1v) is 5.12. The number of carbonyl (C=O) groups excluding carboxylic acids is 2. The molecule has 0 N–H and O–H groups in total. The summed E-state index contributed by atoms with van der Waals surface area (Å²) in [5, 5.41) is 0. The smallest absolute Gasteiger partial charge is 0.322 e. The standard InChI is InChI=1S/C10H18N2O3/c1-8(10(14)15-3)12-6-4-5-11(2)9(13)7-12/h8H,4-7H2,1-3H3. The molecule has 1 heterocycles. The van der Waals surface area contributed by atoms with Crippen molar-refractivity contribution in [1.82, 2.24) is 9.80 Å². The van der Waals surface area contributed by atoms with Crippen LogP contribution in [0, 0.1) is 0 Å². The van der Waals surface area contributed by atoms with E-state index in [4.69, 9.17) is 0 Å². The van der Waals surface area contributed by atoms with Crippen LogP contribution >= 0.6 is 0 Å². The predicted octanol–water partition coefficient (Wildman–Crippen LogP) is -0.288. The predicted molar refractivity (Wildman–Crippen MR) is 55.3 cm³/mol. The number of amides is 1. The topological polar surface area (TPSA) is 49.9 Å². The molecular weight excluding hydrogens is 196 g/mol. The van der Waals surface area contributed by atoms with Gasteiger partial charge in [0.15, 0.2) is 0 Å². The molecule has 0 radical (unpaired) electrons. The maximum atomic E-state index is 11.6. The van der Waals surface area contributed by atoms with E-state index in [1.807, 2.05) is 4.90 Å². The van der Waals surface area contributed by atoms with Crippen LogP contribution in [0.2, 0.25) is 0 Å². The van der Waals surface area contributed by atoms with Crippen molar-refractivity contribution in [1.29, 1.82) is 0 Å². The molecule has 1 aliphatic rings. The first kappa shape index (κ1) is 12.0. The minimum atomic E-state index is -0.342. The molecule has 1 unspecified atom stereocenters. The summed E-state index contributed by atoms with van der Waals surface area (Å²) in [6.07, 6.45) is 0.892. The summed E-state index contributed by atoms with van der Waals surface area (Å²) >= 11 is 0. The maximum absolute atomic E-state index is 11.6. The van der Waals surface area contributed by atoms with Crippen LogP contribution in [0.4, 0.5) is 0 Å². The zero-order valence-corrected chi connectivity index (χ0v) is 9.52. The largest absolute Gasteiger partial charge is 0.468 e. The van der Waals surface area contributed by atoms with Crippen molar-refractivity contribution < 1.29 is 14.3 Å². The van der Waals surface area contributed by atoms with Crippen LogP contribution in [0.25, 0.3) is 0 Å². The molecule has 0 bridgehead atoms. The van der Waals surface area contributed by atoms with Crippen LogP contribution in [0.15, 0.2) is 0 Å². The second-order valence-corrected chi connectivity index (χ2v) is 3.84. The minimum absolute atomic E-state index is 0.0586. The van der Waals surface area contributed by atoms with Gasteiger partial charge in [-0.3, -0.25) is 14.5 Å². The van der Waals surface area contributed by atoms with E-state index in [1.165, 1.54) is 7.11 Å². The molecule has 1 atom stereocenters. The fourth-order valence-electron chi connectivity index (χ4n) is 1.66. The Kier molecular flexibility index (Phi) is 4.08. The highest BCUT2D eigenvalue weighted by Gasteiger charge is 2.27. The van der Waals surface area contributed by atoms with Crippen molar-refractivity contribution in [3.63, 3.8) is 0 Å². The number of likely N-dealkylation sites (N-methyl/N-ethyl adjacent to an activating group) is 1. The van der Waals surface area contributed by atoms with Crippen LogP contribution in [0.3, 0.4) is 0 Å². The lowest BCUT2D eigenvalue weighted by Gasteiger charge is -2.24. The normalized spacial score (nSPS) is 21.0. The van der Waals surface area contributed by atoms with E-state index in [0.717, 1.165) is 19.5 Å². The number of hydrogen-bond donors (Lipinski definition) is 0. The van der Waals surface area contributed by atoms with Crippen molar-refractivity contribution in [2.45, 2.75) is 19.4 Å². The van der Waals surface area contributed by atoms with Crippen molar-refractivity contribution in [3.05, 3.63) is 0 Å². The summed E-state index contributed by atoms with van der Waals surface area (Å²) in [5.41, 5.74) is 0. The molecule has 5 nitrogen and oxygen atoms in total. The highest BCUT2D eigenvalue weighted by atomic mass is 16.5. The first-order valence-electron chi connectivity index (χ1n) is 5.12. The summed E-state index contributed by atoms with van der Waals surface area (Å²) < 4.78 is 4.66. The Morgan fingerprint density at radius 3 is 2.73 bits per heavy atom. The van der Waals surface area contributed by atoms with E-state index in [9.17, 15) is 9.59 Å². The van der Waals surface area contributed by atoms with Gasteiger partial charge in [0, 0.05) is 20.1 Å². The van der Waals surface area contributed by atoms with Gasteiger partial charge < -0.3 is 9.64 Å². The number of methoxy groups -OCH3 is 1. The number of nitrogens with zero attached hydrogens (tertiary/aromatic N) is 2. The van der Waals surface area contributed by atoms with Gasteiger partial charge >= 0.3 is 5.97 Å². The number of ether oxygens (including phenoxy) is 1. The number of carbonyl (C=O) groups is 2. The molecule has 0 aromatic rings. The Balaban J connectivity index is 2.62. The number of hydrogen-bond acceptors (Lipinski definition) is 4. The van der Waals surface area contributed by atoms with Gasteiger partial charge in [-0.05, 0) is 13.3 Å². The lowest BCUT2D eigenvalue weighted by molar-refractivity contribution is -0.146. The third-order valence-corrected chi connectivity index (χ3v) is 2.79. The average Bonchev–Trinajstić information content (AvgIpc) is 2.39. The highest BCUT2D eigenvalue weighted by Crippen LogP contribution is 2.07. The van der Waals surface area contributed by atoms with Crippen molar-refractivity contribution in [2.75, 3.05) is 33.8 Å².